The van der Waals surface area contributed by atoms with Crippen molar-refractivity contribution in [2.45, 2.75) is 31.8 Å². The van der Waals surface area contributed by atoms with E-state index in [0.717, 1.165) is 37.9 Å². The van der Waals surface area contributed by atoms with Crippen molar-refractivity contribution in [2.24, 2.45) is 0 Å². The molecule has 0 atom stereocenters. The van der Waals surface area contributed by atoms with E-state index in [9.17, 15) is 4.79 Å². The van der Waals surface area contributed by atoms with Crippen molar-refractivity contribution >= 4 is 5.91 Å². The molecule has 0 aromatic heterocycles. The molecule has 0 saturated carbocycles. The molecule has 1 amide bonds. The lowest BCUT2D eigenvalue weighted by Gasteiger charge is -2.31. The molecule has 0 spiro atoms. The molecule has 20 heavy (non-hydrogen) atoms. The molecule has 0 bridgehead atoms. The Morgan fingerprint density at radius 2 is 2.00 bits per heavy atom. The van der Waals surface area contributed by atoms with Crippen molar-refractivity contribution in [3.8, 4) is 6.07 Å². The van der Waals surface area contributed by atoms with Crippen LogP contribution in [-0.4, -0.2) is 37.1 Å². The predicted molar refractivity (Wildman–Crippen MR) is 76.1 cm³/mol. The average molecular weight is 272 g/mol. The monoisotopic (exact) mass is 272 g/mol. The van der Waals surface area contributed by atoms with E-state index in [1.54, 1.807) is 19.2 Å². The van der Waals surface area contributed by atoms with E-state index in [4.69, 9.17) is 10.00 Å². The lowest BCUT2D eigenvalue weighted by Crippen LogP contribution is -2.40. The van der Waals surface area contributed by atoms with E-state index in [-0.39, 0.29) is 5.91 Å². The van der Waals surface area contributed by atoms with Crippen LogP contribution >= 0.6 is 0 Å². The minimum absolute atomic E-state index is 0.212. The zero-order valence-electron chi connectivity index (χ0n) is 11.8. The van der Waals surface area contributed by atoms with Gasteiger partial charge in [0, 0.05) is 26.6 Å². The van der Waals surface area contributed by atoms with Crippen molar-refractivity contribution in [1.29, 1.82) is 5.26 Å². The van der Waals surface area contributed by atoms with Crippen LogP contribution in [0.5, 0.6) is 0 Å². The Morgan fingerprint density at radius 1 is 1.35 bits per heavy atom. The summed E-state index contributed by atoms with van der Waals surface area (Å²) < 4.78 is 5.31. The van der Waals surface area contributed by atoms with Crippen LogP contribution in [0.3, 0.4) is 0 Å². The Morgan fingerprint density at radius 3 is 2.55 bits per heavy atom. The van der Waals surface area contributed by atoms with E-state index in [2.05, 4.69) is 6.07 Å². The largest absolute Gasteiger partial charge is 0.381 e. The van der Waals surface area contributed by atoms with E-state index in [1.165, 1.54) is 0 Å². The molecule has 0 radical (unpaired) electrons. The molecule has 4 heteroatoms. The molecule has 0 aliphatic carbocycles. The van der Waals surface area contributed by atoms with Crippen LogP contribution in [-0.2, 0) is 16.0 Å². The van der Waals surface area contributed by atoms with Gasteiger partial charge in [-0.3, -0.25) is 4.79 Å². The first-order chi connectivity index (χ1) is 9.72. The van der Waals surface area contributed by atoms with Gasteiger partial charge in [-0.15, -0.1) is 0 Å². The smallest absolute Gasteiger partial charge is 0.222 e. The first kappa shape index (κ1) is 14.5. The van der Waals surface area contributed by atoms with Gasteiger partial charge in [0.15, 0.2) is 0 Å². The number of carbonyl (C=O) groups is 1. The summed E-state index contributed by atoms with van der Waals surface area (Å²) in [5.74, 6) is 0.212. The SMILES string of the molecule is COC1CCN(C(=O)CCc2ccc(C#N)cc2)CC1. The van der Waals surface area contributed by atoms with E-state index in [1.807, 2.05) is 17.0 Å². The lowest BCUT2D eigenvalue weighted by molar-refractivity contribution is -0.133. The van der Waals surface area contributed by atoms with Crippen molar-refractivity contribution in [3.63, 3.8) is 0 Å². The number of amides is 1. The predicted octanol–water partition coefficient (Wildman–Crippen LogP) is 2.13. The van der Waals surface area contributed by atoms with Gasteiger partial charge in [0.2, 0.25) is 5.91 Å². The second-order valence-electron chi connectivity index (χ2n) is 5.12. The number of benzene rings is 1. The van der Waals surface area contributed by atoms with Crippen LogP contribution < -0.4 is 0 Å². The topological polar surface area (TPSA) is 53.3 Å². The number of nitriles is 1. The lowest BCUT2D eigenvalue weighted by atomic mass is 10.0. The highest BCUT2D eigenvalue weighted by Crippen LogP contribution is 2.15. The number of aryl methyl sites for hydroxylation is 1. The van der Waals surface area contributed by atoms with Gasteiger partial charge in [0.05, 0.1) is 17.7 Å². The van der Waals surface area contributed by atoms with Crippen LogP contribution in [0.25, 0.3) is 0 Å². The van der Waals surface area contributed by atoms with Gasteiger partial charge < -0.3 is 9.64 Å². The summed E-state index contributed by atoms with van der Waals surface area (Å²) in [7, 11) is 1.73. The summed E-state index contributed by atoms with van der Waals surface area (Å²) in [6, 6.07) is 9.52. The number of ether oxygens (including phenoxy) is 1. The zero-order chi connectivity index (χ0) is 14.4. The maximum absolute atomic E-state index is 12.1. The van der Waals surface area contributed by atoms with Gasteiger partial charge in [-0.25, -0.2) is 0 Å². The molecular formula is C16H20N2O2. The summed E-state index contributed by atoms with van der Waals surface area (Å²) in [5.41, 5.74) is 1.76. The van der Waals surface area contributed by atoms with Crippen molar-refractivity contribution in [2.75, 3.05) is 20.2 Å². The molecule has 1 aromatic carbocycles. The van der Waals surface area contributed by atoms with Crippen LogP contribution in [0, 0.1) is 11.3 Å². The Labute approximate surface area is 120 Å². The van der Waals surface area contributed by atoms with Crippen LogP contribution in [0.2, 0.25) is 0 Å². The quantitative estimate of drug-likeness (QED) is 0.843. The van der Waals surface area contributed by atoms with Crippen LogP contribution in [0.1, 0.15) is 30.4 Å². The van der Waals surface area contributed by atoms with Crippen LogP contribution in [0.4, 0.5) is 0 Å². The normalized spacial score (nSPS) is 15.9. The maximum atomic E-state index is 12.1. The average Bonchev–Trinajstić information content (AvgIpc) is 2.53. The molecule has 1 fully saturated rings. The summed E-state index contributed by atoms with van der Waals surface area (Å²) in [6.45, 7) is 1.59. The molecule has 0 N–H and O–H groups in total. The summed E-state index contributed by atoms with van der Waals surface area (Å²) in [4.78, 5) is 14.1. The highest BCUT2D eigenvalue weighted by molar-refractivity contribution is 5.76. The molecule has 106 valence electrons. The fourth-order valence-corrected chi connectivity index (χ4v) is 2.50. The highest BCUT2D eigenvalue weighted by Gasteiger charge is 2.21. The van der Waals surface area contributed by atoms with Gasteiger partial charge in [0.25, 0.3) is 0 Å². The molecule has 1 aliphatic heterocycles. The van der Waals surface area contributed by atoms with Gasteiger partial charge in [-0.1, -0.05) is 12.1 Å². The fraction of sp³-hybridized carbons (Fsp3) is 0.500. The third kappa shape index (κ3) is 3.82. The number of piperidine rings is 1. The minimum Gasteiger partial charge on any atom is -0.381 e. The van der Waals surface area contributed by atoms with Crippen molar-refractivity contribution in [3.05, 3.63) is 35.4 Å². The molecule has 1 aliphatic rings. The number of hydrogen-bond acceptors (Lipinski definition) is 3. The van der Waals surface area contributed by atoms with E-state index >= 15 is 0 Å². The number of nitrogens with zero attached hydrogens (tertiary/aromatic N) is 2. The number of carbonyl (C=O) groups excluding carboxylic acids is 1. The Hall–Kier alpha value is -1.86. The summed E-state index contributed by atoms with van der Waals surface area (Å²) >= 11 is 0. The maximum Gasteiger partial charge on any atom is 0.222 e. The molecule has 1 saturated heterocycles. The number of hydrogen-bond donors (Lipinski definition) is 0. The fourth-order valence-electron chi connectivity index (χ4n) is 2.50. The van der Waals surface area contributed by atoms with Gasteiger partial charge in [-0.05, 0) is 37.0 Å². The molecule has 1 heterocycles. The Kier molecular flexibility index (Phi) is 5.14. The minimum atomic E-state index is 0.212. The first-order valence-corrected chi connectivity index (χ1v) is 7.02. The third-order valence-corrected chi connectivity index (χ3v) is 3.84. The third-order valence-electron chi connectivity index (χ3n) is 3.84. The second kappa shape index (κ2) is 7.06. The highest BCUT2D eigenvalue weighted by atomic mass is 16.5. The molecule has 0 unspecified atom stereocenters. The van der Waals surface area contributed by atoms with Crippen LogP contribution in [0.15, 0.2) is 24.3 Å². The Bertz CT molecular complexity index is 482. The number of likely N-dealkylation sites (tertiary alicyclic amines) is 1. The molecular weight excluding hydrogens is 252 g/mol. The number of rotatable bonds is 4. The Balaban J connectivity index is 1.79. The standard InChI is InChI=1S/C16H20N2O2/c1-20-15-8-10-18(11-9-15)16(19)7-6-13-2-4-14(12-17)5-3-13/h2-5,15H,6-11H2,1H3. The molecule has 4 nitrogen and oxygen atoms in total. The molecule has 2 rings (SSSR count). The van der Waals surface area contributed by atoms with Gasteiger partial charge >= 0.3 is 0 Å². The summed E-state index contributed by atoms with van der Waals surface area (Å²) in [6.07, 6.45) is 3.42. The molecule has 1 aromatic rings. The van der Waals surface area contributed by atoms with E-state index in [0.29, 0.717) is 18.1 Å². The zero-order valence-corrected chi connectivity index (χ0v) is 11.8. The van der Waals surface area contributed by atoms with Crippen molar-refractivity contribution < 1.29 is 9.53 Å². The summed E-state index contributed by atoms with van der Waals surface area (Å²) in [5, 5.41) is 8.74. The second-order valence-corrected chi connectivity index (χ2v) is 5.12. The number of methoxy groups -OCH3 is 1. The van der Waals surface area contributed by atoms with E-state index < -0.39 is 0 Å². The van der Waals surface area contributed by atoms with Gasteiger partial charge in [0.1, 0.15) is 0 Å². The van der Waals surface area contributed by atoms with Gasteiger partial charge in [-0.2, -0.15) is 5.26 Å². The first-order valence-electron chi connectivity index (χ1n) is 7.02. The van der Waals surface area contributed by atoms with Crippen molar-refractivity contribution in [1.82, 2.24) is 4.90 Å².